The molecule has 0 amide bonds. The first-order valence-corrected chi connectivity index (χ1v) is 12.4. The summed E-state index contributed by atoms with van der Waals surface area (Å²) in [5, 5.41) is 7.09. The number of hydrogen-bond acceptors (Lipinski definition) is 4. The van der Waals surface area contributed by atoms with E-state index >= 15 is 0 Å². The highest BCUT2D eigenvalue weighted by Crippen LogP contribution is 2.29. The number of terminal acetylenes is 1. The lowest BCUT2D eigenvalue weighted by Gasteiger charge is -2.26. The van der Waals surface area contributed by atoms with Gasteiger partial charge in [-0.1, -0.05) is 36.9 Å². The van der Waals surface area contributed by atoms with Crippen molar-refractivity contribution in [2.45, 2.75) is 45.1 Å². The van der Waals surface area contributed by atoms with Gasteiger partial charge in [0.15, 0.2) is 0 Å². The summed E-state index contributed by atoms with van der Waals surface area (Å²) < 4.78 is 0. The van der Waals surface area contributed by atoms with E-state index in [0.29, 0.717) is 6.42 Å². The third-order valence-corrected chi connectivity index (χ3v) is 6.82. The third kappa shape index (κ3) is 5.70. The maximum Gasteiger partial charge on any atom is 0.0742 e. The lowest BCUT2D eigenvalue weighted by atomic mass is 9.93. The molecule has 36 heavy (non-hydrogen) atoms. The molecule has 1 aromatic heterocycles. The second-order valence-electron chi connectivity index (χ2n) is 9.38. The number of aromatic nitrogens is 1. The van der Waals surface area contributed by atoms with E-state index in [4.69, 9.17) is 5.73 Å². The molecule has 0 fully saturated rings. The van der Waals surface area contributed by atoms with Gasteiger partial charge in [0.05, 0.1) is 6.04 Å². The van der Waals surface area contributed by atoms with Crippen molar-refractivity contribution in [3.8, 4) is 24.0 Å². The van der Waals surface area contributed by atoms with Crippen LogP contribution in [-0.2, 0) is 19.3 Å². The minimum absolute atomic E-state index is 0.142. The van der Waals surface area contributed by atoms with Gasteiger partial charge < -0.3 is 16.4 Å². The largest absolute Gasteiger partial charge is 0.398 e. The second kappa shape index (κ2) is 11.5. The van der Waals surface area contributed by atoms with E-state index in [1.165, 1.54) is 22.3 Å². The molecule has 4 nitrogen and oxygen atoms in total. The Balaban J connectivity index is 0.00000148. The van der Waals surface area contributed by atoms with E-state index in [-0.39, 0.29) is 6.04 Å². The molecule has 182 valence electrons. The van der Waals surface area contributed by atoms with Crippen LogP contribution < -0.4 is 16.4 Å². The van der Waals surface area contributed by atoms with Crippen molar-refractivity contribution >= 4 is 5.69 Å². The zero-order valence-corrected chi connectivity index (χ0v) is 20.9. The van der Waals surface area contributed by atoms with Crippen molar-refractivity contribution in [3.05, 3.63) is 119 Å². The van der Waals surface area contributed by atoms with Gasteiger partial charge in [-0.05, 0) is 96.5 Å². The molecule has 0 saturated carbocycles. The molecule has 1 unspecified atom stereocenters. The zero-order chi connectivity index (χ0) is 25.5. The normalized spacial score (nSPS) is 17.3. The number of nitrogens with two attached hydrogens (primary N) is 1. The van der Waals surface area contributed by atoms with Crippen molar-refractivity contribution in [3.63, 3.8) is 0 Å². The zero-order valence-electron chi connectivity index (χ0n) is 20.9. The molecular formula is C32H34N4. The van der Waals surface area contributed by atoms with Gasteiger partial charge in [-0.25, -0.2) is 0 Å². The number of dihydropyridines is 1. The van der Waals surface area contributed by atoms with Gasteiger partial charge in [0, 0.05) is 41.5 Å². The Morgan fingerprint density at radius 3 is 2.61 bits per heavy atom. The third-order valence-electron chi connectivity index (χ3n) is 6.82. The average molecular weight is 475 g/mol. The van der Waals surface area contributed by atoms with Crippen molar-refractivity contribution in [1.29, 1.82) is 0 Å². The van der Waals surface area contributed by atoms with Crippen LogP contribution in [0.4, 0.5) is 5.69 Å². The summed E-state index contributed by atoms with van der Waals surface area (Å²) in [5.41, 5.74) is 17.7. The number of benzene rings is 2. The van der Waals surface area contributed by atoms with E-state index in [2.05, 4.69) is 90.5 Å². The predicted octanol–water partition coefficient (Wildman–Crippen LogP) is 6.24. The number of fused-ring (bicyclic) bond motifs is 9. The molecule has 5 rings (SSSR count). The summed E-state index contributed by atoms with van der Waals surface area (Å²) >= 11 is 0. The number of hydrogen-bond donors (Lipinski definition) is 3. The van der Waals surface area contributed by atoms with Gasteiger partial charge in [-0.2, -0.15) is 0 Å². The van der Waals surface area contributed by atoms with E-state index in [1.54, 1.807) is 0 Å². The highest BCUT2D eigenvalue weighted by atomic mass is 15.0. The number of pyridine rings is 1. The minimum atomic E-state index is 0.142. The first kappa shape index (κ1) is 24.9. The van der Waals surface area contributed by atoms with Gasteiger partial charge in [-0.15, -0.1) is 12.8 Å². The van der Waals surface area contributed by atoms with Crippen molar-refractivity contribution in [2.75, 3.05) is 5.73 Å². The smallest absolute Gasteiger partial charge is 0.0742 e. The highest BCUT2D eigenvalue weighted by molar-refractivity contribution is 5.68. The van der Waals surface area contributed by atoms with Gasteiger partial charge in [0.2, 0.25) is 0 Å². The number of allylic oxidation sites excluding steroid dienone is 2. The molecule has 0 radical (unpaired) electrons. The summed E-state index contributed by atoms with van der Waals surface area (Å²) in [6.45, 7) is 6.50. The summed E-state index contributed by atoms with van der Waals surface area (Å²) in [5.74, 6) is 0. The Hall–Kier alpha value is -4.23. The Kier molecular flexibility index (Phi) is 7.92. The Morgan fingerprint density at radius 2 is 1.78 bits per heavy atom. The molecule has 2 aliphatic rings. The Labute approximate surface area is 215 Å². The standard InChI is InChI=1S/C30H32N4.C2H2/c1-20-14-26-17-24(10-11-28(26)31)27-16-23(18-32-19-27)7-4-3-6-22-8-5-9-25(15-22)30-21(2)29(34-20)12-13-33-30;1-2/h5,8-13,15-19,30,33-34H,1,3-4,6-7,14,31H2,2H3;1-2H. The molecular weight excluding hydrogens is 440 g/mol. The number of aryl methyl sites for hydroxylation is 2. The number of nitrogens with zero attached hydrogens (tertiary/aromatic N) is 1. The van der Waals surface area contributed by atoms with Crippen LogP contribution in [0.2, 0.25) is 0 Å². The monoisotopic (exact) mass is 474 g/mol. The van der Waals surface area contributed by atoms with Crippen LogP contribution in [-0.4, -0.2) is 4.98 Å². The first-order chi connectivity index (χ1) is 17.6. The molecule has 3 aromatic rings. The molecule has 0 aliphatic carbocycles. The molecule has 4 N–H and O–H groups in total. The number of nitrogen functional groups attached to an aromatic ring is 1. The number of anilines is 1. The molecule has 1 atom stereocenters. The summed E-state index contributed by atoms with van der Waals surface area (Å²) in [6.07, 6.45) is 21.1. The summed E-state index contributed by atoms with van der Waals surface area (Å²) in [4.78, 5) is 4.52. The fraction of sp³-hybridized carbons (Fsp3) is 0.219. The molecule has 2 aliphatic heterocycles. The predicted molar refractivity (Wildman–Crippen MR) is 151 cm³/mol. The van der Waals surface area contributed by atoms with Crippen LogP contribution in [0, 0.1) is 12.8 Å². The van der Waals surface area contributed by atoms with Gasteiger partial charge in [-0.3, -0.25) is 4.98 Å². The van der Waals surface area contributed by atoms with Gasteiger partial charge in [0.1, 0.15) is 0 Å². The van der Waals surface area contributed by atoms with Gasteiger partial charge in [0.25, 0.3) is 0 Å². The second-order valence-corrected chi connectivity index (χ2v) is 9.38. The van der Waals surface area contributed by atoms with E-state index in [1.807, 2.05) is 24.7 Å². The van der Waals surface area contributed by atoms with Crippen molar-refractivity contribution in [1.82, 2.24) is 15.6 Å². The minimum Gasteiger partial charge on any atom is -0.398 e. The fourth-order valence-corrected chi connectivity index (χ4v) is 4.90. The van der Waals surface area contributed by atoms with E-state index in [9.17, 15) is 0 Å². The number of nitrogens with one attached hydrogen (secondary N) is 2. The SMILES string of the molecule is C#C.C=C1Cc2cc(ccc2N)-c2cncc(c2)CCCCc2cccc(c2)C2NC=CC(=C2C)N1. The van der Waals surface area contributed by atoms with Crippen LogP contribution in [0.5, 0.6) is 0 Å². The van der Waals surface area contributed by atoms with Crippen LogP contribution in [0.3, 0.4) is 0 Å². The first-order valence-electron chi connectivity index (χ1n) is 12.4. The fourth-order valence-electron chi connectivity index (χ4n) is 4.90. The molecule has 3 heterocycles. The molecule has 2 aromatic carbocycles. The topological polar surface area (TPSA) is 63.0 Å². The molecule has 0 saturated heterocycles. The maximum atomic E-state index is 6.36. The van der Waals surface area contributed by atoms with Crippen molar-refractivity contribution in [2.24, 2.45) is 0 Å². The Morgan fingerprint density at radius 1 is 0.972 bits per heavy atom. The lowest BCUT2D eigenvalue weighted by Crippen LogP contribution is -2.26. The summed E-state index contributed by atoms with van der Waals surface area (Å²) in [7, 11) is 0. The molecule has 4 heteroatoms. The van der Waals surface area contributed by atoms with Crippen LogP contribution in [0.15, 0.2) is 96.7 Å². The van der Waals surface area contributed by atoms with E-state index < -0.39 is 0 Å². The summed E-state index contributed by atoms with van der Waals surface area (Å²) in [6, 6.07) is 17.6. The quantitative estimate of drug-likeness (QED) is 0.267. The number of rotatable bonds is 0. The highest BCUT2D eigenvalue weighted by Gasteiger charge is 2.19. The lowest BCUT2D eigenvalue weighted by molar-refractivity contribution is 0.677. The van der Waals surface area contributed by atoms with Crippen LogP contribution in [0.1, 0.15) is 48.1 Å². The van der Waals surface area contributed by atoms with E-state index in [0.717, 1.165) is 59.5 Å². The van der Waals surface area contributed by atoms with Crippen molar-refractivity contribution < 1.29 is 0 Å². The molecule has 0 spiro atoms. The van der Waals surface area contributed by atoms with Crippen LogP contribution in [0.25, 0.3) is 11.1 Å². The molecule has 8 bridgehead atoms. The average Bonchev–Trinajstić information content (AvgIpc) is 2.90. The Bertz CT molecular complexity index is 1330. The maximum absolute atomic E-state index is 6.36. The van der Waals surface area contributed by atoms with Crippen LogP contribution >= 0.6 is 0 Å². The van der Waals surface area contributed by atoms with Gasteiger partial charge >= 0.3 is 0 Å².